The minimum atomic E-state index is -0.312. The topological polar surface area (TPSA) is 59.5 Å². The number of hydrogen-bond donors (Lipinski definition) is 1. The predicted octanol–water partition coefficient (Wildman–Crippen LogP) is 6.99. The van der Waals surface area contributed by atoms with Gasteiger partial charge in [0.25, 0.3) is 0 Å². The van der Waals surface area contributed by atoms with Gasteiger partial charge in [-0.05, 0) is 59.4 Å². The summed E-state index contributed by atoms with van der Waals surface area (Å²) in [7, 11) is 0. The van der Waals surface area contributed by atoms with Crippen LogP contribution < -0.4 is 15.0 Å². The first-order valence-corrected chi connectivity index (χ1v) is 14.0. The van der Waals surface area contributed by atoms with Gasteiger partial charge in [-0.15, -0.1) is 0 Å². The van der Waals surface area contributed by atoms with Crippen molar-refractivity contribution in [3.05, 3.63) is 101 Å². The number of ether oxygens (including phenoxy) is 2. The van der Waals surface area contributed by atoms with Gasteiger partial charge in [-0.25, -0.2) is 14.4 Å². The van der Waals surface area contributed by atoms with Crippen LogP contribution in [0.3, 0.4) is 0 Å². The molecule has 2 saturated heterocycles. The molecule has 0 bridgehead atoms. The Bertz CT molecular complexity index is 1490. The normalized spacial score (nSPS) is 17.8. The van der Waals surface area contributed by atoms with Gasteiger partial charge in [-0.1, -0.05) is 61.8 Å². The Morgan fingerprint density at radius 2 is 1.88 bits per heavy atom. The first-order chi connectivity index (χ1) is 19.4. The molecule has 3 heterocycles. The highest BCUT2D eigenvalue weighted by Gasteiger charge is 2.50. The molecule has 6 nitrogen and oxygen atoms in total. The number of rotatable bonds is 8. The van der Waals surface area contributed by atoms with Crippen molar-refractivity contribution in [1.82, 2.24) is 15.3 Å². The molecule has 0 aliphatic carbocycles. The number of nitrogens with zero attached hydrogens (tertiary/aromatic N) is 3. The summed E-state index contributed by atoms with van der Waals surface area (Å²) >= 11 is 6.00. The fraction of sp³-hybridized carbons (Fsp3) is 0.312. The van der Waals surface area contributed by atoms with Crippen LogP contribution in [0.4, 0.5) is 10.2 Å². The van der Waals surface area contributed by atoms with E-state index in [1.807, 2.05) is 42.5 Å². The highest BCUT2D eigenvalue weighted by Crippen LogP contribution is 2.43. The summed E-state index contributed by atoms with van der Waals surface area (Å²) in [6.07, 6.45) is 4.12. The summed E-state index contributed by atoms with van der Waals surface area (Å²) in [6, 6.07) is 20.9. The summed E-state index contributed by atoms with van der Waals surface area (Å²) in [5, 5.41) is 4.35. The Morgan fingerprint density at radius 3 is 2.67 bits per heavy atom. The molecular formula is C32H32ClFN4O2. The molecule has 1 unspecified atom stereocenters. The van der Waals surface area contributed by atoms with Crippen LogP contribution in [0.1, 0.15) is 37.3 Å². The standard InChI is InChI=1S/C32H32ClFN4O2/c1-21(2)26-5-3-4-6-27(26)28-13-24(34)11-12-29(28)40-30-16-35-20-37-31(30)38-18-32(19-38)14-25(17-39-32)36-15-22-7-9-23(33)10-8-22/h3-13,16,20-21,25,36H,14-15,17-19H2,1-2H3. The van der Waals surface area contributed by atoms with Crippen LogP contribution in [-0.2, 0) is 11.3 Å². The molecule has 1 N–H and O–H groups in total. The van der Waals surface area contributed by atoms with Crippen LogP contribution in [0.25, 0.3) is 11.1 Å². The van der Waals surface area contributed by atoms with E-state index in [1.165, 1.54) is 24.0 Å². The Hall–Kier alpha value is -3.52. The number of halogens is 2. The summed E-state index contributed by atoms with van der Waals surface area (Å²) in [6.45, 7) is 7.13. The highest BCUT2D eigenvalue weighted by molar-refractivity contribution is 6.30. The zero-order valence-corrected chi connectivity index (χ0v) is 23.4. The molecule has 0 amide bonds. The maximum absolute atomic E-state index is 14.4. The fourth-order valence-corrected chi connectivity index (χ4v) is 5.77. The van der Waals surface area contributed by atoms with Gasteiger partial charge < -0.3 is 19.7 Å². The van der Waals surface area contributed by atoms with Gasteiger partial charge in [0.05, 0.1) is 25.9 Å². The second-order valence-electron chi connectivity index (χ2n) is 11.0. The Kier molecular flexibility index (Phi) is 7.45. The predicted molar refractivity (Wildman–Crippen MR) is 156 cm³/mol. The molecule has 1 atom stereocenters. The van der Waals surface area contributed by atoms with Crippen molar-refractivity contribution in [2.45, 2.75) is 44.4 Å². The van der Waals surface area contributed by atoms with Gasteiger partial charge in [0.1, 0.15) is 23.5 Å². The largest absolute Gasteiger partial charge is 0.451 e. The Morgan fingerprint density at radius 1 is 1.07 bits per heavy atom. The molecule has 0 saturated carbocycles. The summed E-state index contributed by atoms with van der Waals surface area (Å²) in [4.78, 5) is 10.9. The van der Waals surface area contributed by atoms with E-state index < -0.39 is 0 Å². The number of nitrogens with one attached hydrogen (secondary N) is 1. The summed E-state index contributed by atoms with van der Waals surface area (Å²) < 4.78 is 27.1. The fourth-order valence-electron chi connectivity index (χ4n) is 5.65. The maximum atomic E-state index is 14.4. The van der Waals surface area contributed by atoms with Gasteiger partial charge in [-0.2, -0.15) is 0 Å². The Labute approximate surface area is 239 Å². The number of hydrogen-bond acceptors (Lipinski definition) is 6. The van der Waals surface area contributed by atoms with Crippen LogP contribution in [0.2, 0.25) is 5.02 Å². The minimum Gasteiger partial charge on any atom is -0.451 e. The molecule has 1 spiro atoms. The molecule has 2 aliphatic rings. The van der Waals surface area contributed by atoms with Crippen molar-refractivity contribution in [1.29, 1.82) is 0 Å². The maximum Gasteiger partial charge on any atom is 0.188 e. The molecule has 4 aromatic rings. The highest BCUT2D eigenvalue weighted by atomic mass is 35.5. The third-order valence-electron chi connectivity index (χ3n) is 7.67. The molecular weight excluding hydrogens is 527 g/mol. The molecule has 1 aromatic heterocycles. The van der Waals surface area contributed by atoms with Crippen LogP contribution in [-0.4, -0.2) is 41.3 Å². The molecule has 2 aliphatic heterocycles. The third-order valence-corrected chi connectivity index (χ3v) is 7.92. The van der Waals surface area contributed by atoms with Gasteiger partial charge in [0, 0.05) is 23.2 Å². The van der Waals surface area contributed by atoms with E-state index in [-0.39, 0.29) is 23.4 Å². The van der Waals surface area contributed by atoms with Crippen molar-refractivity contribution < 1.29 is 13.9 Å². The zero-order valence-electron chi connectivity index (χ0n) is 22.6. The number of benzene rings is 3. The Balaban J connectivity index is 1.16. The smallest absolute Gasteiger partial charge is 0.188 e. The van der Waals surface area contributed by atoms with Crippen LogP contribution >= 0.6 is 11.6 Å². The minimum absolute atomic E-state index is 0.211. The molecule has 0 radical (unpaired) electrons. The van der Waals surface area contributed by atoms with Crippen molar-refractivity contribution in [2.24, 2.45) is 0 Å². The van der Waals surface area contributed by atoms with Gasteiger partial charge in [-0.3, -0.25) is 0 Å². The zero-order chi connectivity index (χ0) is 27.7. The van der Waals surface area contributed by atoms with Crippen LogP contribution in [0, 0.1) is 5.82 Å². The quantitative estimate of drug-likeness (QED) is 0.251. The average Bonchev–Trinajstić information content (AvgIpc) is 3.38. The number of aromatic nitrogens is 2. The van der Waals surface area contributed by atoms with Crippen molar-refractivity contribution >= 4 is 17.4 Å². The SMILES string of the molecule is CC(C)c1ccccc1-c1cc(F)ccc1Oc1cncnc1N1CC2(CC(NCc3ccc(Cl)cc3)CO2)C1. The lowest BCUT2D eigenvalue weighted by atomic mass is 9.89. The first kappa shape index (κ1) is 26.7. The van der Waals surface area contributed by atoms with Gasteiger partial charge >= 0.3 is 0 Å². The summed E-state index contributed by atoms with van der Waals surface area (Å²) in [5.74, 6) is 1.75. The lowest BCUT2D eigenvalue weighted by Crippen LogP contribution is -2.62. The monoisotopic (exact) mass is 558 g/mol. The van der Waals surface area contributed by atoms with Crippen molar-refractivity contribution in [3.63, 3.8) is 0 Å². The van der Waals surface area contributed by atoms with E-state index in [2.05, 4.69) is 40.1 Å². The second kappa shape index (κ2) is 11.2. The molecule has 40 heavy (non-hydrogen) atoms. The van der Waals surface area contributed by atoms with E-state index in [0.29, 0.717) is 42.6 Å². The van der Waals surface area contributed by atoms with E-state index >= 15 is 0 Å². The van der Waals surface area contributed by atoms with E-state index in [9.17, 15) is 4.39 Å². The average molecular weight is 559 g/mol. The van der Waals surface area contributed by atoms with Gasteiger partial charge in [0.2, 0.25) is 0 Å². The second-order valence-corrected chi connectivity index (χ2v) is 11.4. The van der Waals surface area contributed by atoms with Crippen molar-refractivity contribution in [3.8, 4) is 22.6 Å². The molecule has 2 fully saturated rings. The van der Waals surface area contributed by atoms with Gasteiger partial charge in [0.15, 0.2) is 11.6 Å². The molecule has 3 aromatic carbocycles. The molecule has 8 heteroatoms. The lowest BCUT2D eigenvalue weighted by Gasteiger charge is -2.47. The number of anilines is 1. The van der Waals surface area contributed by atoms with Crippen molar-refractivity contribution in [2.75, 3.05) is 24.6 Å². The third kappa shape index (κ3) is 5.55. The van der Waals surface area contributed by atoms with E-state index in [0.717, 1.165) is 29.1 Å². The summed E-state index contributed by atoms with van der Waals surface area (Å²) in [5.41, 5.74) is 3.76. The van der Waals surface area contributed by atoms with E-state index in [4.69, 9.17) is 21.1 Å². The first-order valence-electron chi connectivity index (χ1n) is 13.6. The van der Waals surface area contributed by atoms with E-state index in [1.54, 1.807) is 12.3 Å². The van der Waals surface area contributed by atoms with Crippen LogP contribution in [0.5, 0.6) is 11.5 Å². The molecule has 6 rings (SSSR count). The lowest BCUT2D eigenvalue weighted by molar-refractivity contribution is -0.0189. The van der Waals surface area contributed by atoms with Crippen LogP contribution in [0.15, 0.2) is 79.3 Å². The molecule has 206 valence electrons.